The van der Waals surface area contributed by atoms with E-state index < -0.39 is 11.5 Å². The third-order valence-corrected chi connectivity index (χ3v) is 3.34. The third kappa shape index (κ3) is 2.94. The van der Waals surface area contributed by atoms with Crippen molar-refractivity contribution in [1.82, 2.24) is 9.97 Å². The Labute approximate surface area is 112 Å². The molecule has 2 rings (SSSR count). The molecule has 0 aromatic carbocycles. The second-order valence-electron chi connectivity index (χ2n) is 4.79. The molecule has 0 spiro atoms. The molecule has 1 aromatic heterocycles. The van der Waals surface area contributed by atoms with E-state index in [1.165, 1.54) is 0 Å². The molecule has 1 saturated carbocycles. The van der Waals surface area contributed by atoms with Crippen LogP contribution in [0.2, 0.25) is 0 Å². The lowest BCUT2D eigenvalue weighted by atomic mass is 9.98. The normalized spacial score (nSPS) is 17.2. The number of aryl methyl sites for hydroxylation is 1. The number of carboxylic acid groups (broad SMARTS) is 1. The van der Waals surface area contributed by atoms with Gasteiger partial charge in [-0.3, -0.25) is 0 Å². The van der Waals surface area contributed by atoms with Gasteiger partial charge in [-0.2, -0.15) is 4.98 Å². The van der Waals surface area contributed by atoms with Crippen molar-refractivity contribution in [2.24, 2.45) is 0 Å². The van der Waals surface area contributed by atoms with Crippen molar-refractivity contribution in [3.8, 4) is 5.88 Å². The maximum atomic E-state index is 11.5. The molecule has 0 atom stereocenters. The highest BCUT2D eigenvalue weighted by Crippen LogP contribution is 2.33. The molecule has 0 bridgehead atoms. The Kier molecular flexibility index (Phi) is 3.87. The van der Waals surface area contributed by atoms with Gasteiger partial charge in [0.2, 0.25) is 5.88 Å². The van der Waals surface area contributed by atoms with E-state index in [1.54, 1.807) is 13.0 Å². The molecule has 1 fully saturated rings. The molecule has 0 radical (unpaired) electrons. The van der Waals surface area contributed by atoms with Gasteiger partial charge in [0.05, 0.1) is 6.61 Å². The van der Waals surface area contributed by atoms with Crippen LogP contribution in [-0.2, 0) is 4.79 Å². The summed E-state index contributed by atoms with van der Waals surface area (Å²) < 4.78 is 5.35. The summed E-state index contributed by atoms with van der Waals surface area (Å²) in [4.78, 5) is 19.9. The van der Waals surface area contributed by atoms with Gasteiger partial charge in [0, 0.05) is 6.07 Å². The Morgan fingerprint density at radius 3 is 2.74 bits per heavy atom. The number of carboxylic acids is 1. The molecular formula is C13H19N3O3. The molecule has 19 heavy (non-hydrogen) atoms. The number of hydrogen-bond donors (Lipinski definition) is 2. The van der Waals surface area contributed by atoms with Crippen molar-refractivity contribution in [3.05, 3.63) is 11.9 Å². The molecular weight excluding hydrogens is 246 g/mol. The van der Waals surface area contributed by atoms with Gasteiger partial charge < -0.3 is 15.2 Å². The zero-order valence-corrected chi connectivity index (χ0v) is 11.3. The van der Waals surface area contributed by atoms with E-state index in [1.807, 2.05) is 6.92 Å². The summed E-state index contributed by atoms with van der Waals surface area (Å²) in [5, 5.41) is 12.5. The fourth-order valence-corrected chi connectivity index (χ4v) is 2.44. The molecule has 1 heterocycles. The minimum absolute atomic E-state index is 0.469. The van der Waals surface area contributed by atoms with Crippen molar-refractivity contribution < 1.29 is 14.6 Å². The van der Waals surface area contributed by atoms with Gasteiger partial charge in [-0.1, -0.05) is 12.8 Å². The largest absolute Gasteiger partial charge is 0.480 e. The third-order valence-electron chi connectivity index (χ3n) is 3.34. The van der Waals surface area contributed by atoms with E-state index in [9.17, 15) is 9.90 Å². The molecule has 104 valence electrons. The maximum Gasteiger partial charge on any atom is 0.329 e. The molecule has 0 unspecified atom stereocenters. The summed E-state index contributed by atoms with van der Waals surface area (Å²) in [6.45, 7) is 4.15. The SMILES string of the molecule is CCOc1cc(NC2(C(=O)O)CCCC2)nc(C)n1. The number of ether oxygens (including phenoxy) is 1. The highest BCUT2D eigenvalue weighted by molar-refractivity contribution is 5.82. The van der Waals surface area contributed by atoms with Crippen LogP contribution in [0, 0.1) is 6.92 Å². The first-order valence-corrected chi connectivity index (χ1v) is 6.56. The van der Waals surface area contributed by atoms with Crippen molar-refractivity contribution >= 4 is 11.8 Å². The lowest BCUT2D eigenvalue weighted by Gasteiger charge is -2.26. The first-order chi connectivity index (χ1) is 9.05. The van der Waals surface area contributed by atoms with Crippen LogP contribution in [0.1, 0.15) is 38.4 Å². The summed E-state index contributed by atoms with van der Waals surface area (Å²) in [5.41, 5.74) is -0.899. The van der Waals surface area contributed by atoms with E-state index in [-0.39, 0.29) is 0 Å². The number of rotatable bonds is 5. The minimum Gasteiger partial charge on any atom is -0.480 e. The van der Waals surface area contributed by atoms with Crippen molar-refractivity contribution in [3.63, 3.8) is 0 Å². The van der Waals surface area contributed by atoms with Gasteiger partial charge in [0.1, 0.15) is 17.2 Å². The molecule has 1 aliphatic carbocycles. The molecule has 6 heteroatoms. The monoisotopic (exact) mass is 265 g/mol. The van der Waals surface area contributed by atoms with Crippen molar-refractivity contribution in [2.75, 3.05) is 11.9 Å². The summed E-state index contributed by atoms with van der Waals surface area (Å²) >= 11 is 0. The maximum absolute atomic E-state index is 11.5. The highest BCUT2D eigenvalue weighted by Gasteiger charge is 2.41. The predicted octanol–water partition coefficient (Wildman–Crippen LogP) is 1.99. The highest BCUT2D eigenvalue weighted by atomic mass is 16.5. The number of anilines is 1. The second kappa shape index (κ2) is 5.42. The summed E-state index contributed by atoms with van der Waals surface area (Å²) in [6.07, 6.45) is 3.08. The predicted molar refractivity (Wildman–Crippen MR) is 70.4 cm³/mol. The van der Waals surface area contributed by atoms with Gasteiger partial charge in [0.25, 0.3) is 0 Å². The number of aromatic nitrogens is 2. The van der Waals surface area contributed by atoms with Crippen LogP contribution in [-0.4, -0.2) is 33.2 Å². The topological polar surface area (TPSA) is 84.3 Å². The van der Waals surface area contributed by atoms with Crippen LogP contribution in [0.4, 0.5) is 5.82 Å². The zero-order valence-electron chi connectivity index (χ0n) is 11.3. The first-order valence-electron chi connectivity index (χ1n) is 6.56. The van der Waals surface area contributed by atoms with Crippen LogP contribution in [0.5, 0.6) is 5.88 Å². The Morgan fingerprint density at radius 2 is 2.16 bits per heavy atom. The summed E-state index contributed by atoms with van der Waals surface area (Å²) in [7, 11) is 0. The van der Waals surface area contributed by atoms with E-state index in [0.717, 1.165) is 12.8 Å². The fourth-order valence-electron chi connectivity index (χ4n) is 2.44. The number of nitrogens with zero attached hydrogens (tertiary/aromatic N) is 2. The Balaban J connectivity index is 2.24. The molecule has 1 aromatic rings. The number of nitrogens with one attached hydrogen (secondary N) is 1. The lowest BCUT2D eigenvalue weighted by Crippen LogP contribution is -2.44. The summed E-state index contributed by atoms with van der Waals surface area (Å²) in [5.74, 6) is 0.725. The first kappa shape index (κ1) is 13.6. The van der Waals surface area contributed by atoms with E-state index in [0.29, 0.717) is 37.0 Å². The van der Waals surface area contributed by atoms with Crippen molar-refractivity contribution in [1.29, 1.82) is 0 Å². The van der Waals surface area contributed by atoms with Gasteiger partial charge in [-0.25, -0.2) is 9.78 Å². The summed E-state index contributed by atoms with van der Waals surface area (Å²) in [6, 6.07) is 1.65. The lowest BCUT2D eigenvalue weighted by molar-refractivity contribution is -0.142. The number of carbonyl (C=O) groups is 1. The Bertz CT molecular complexity index is 470. The van der Waals surface area contributed by atoms with Crippen LogP contribution < -0.4 is 10.1 Å². The van der Waals surface area contributed by atoms with Crippen LogP contribution in [0.3, 0.4) is 0 Å². The van der Waals surface area contributed by atoms with Gasteiger partial charge >= 0.3 is 5.97 Å². The standard InChI is InChI=1S/C13H19N3O3/c1-3-19-11-8-10(14-9(2)15-11)16-13(12(17)18)6-4-5-7-13/h8H,3-7H2,1-2H3,(H,17,18)(H,14,15,16). The average molecular weight is 265 g/mol. The van der Waals surface area contributed by atoms with E-state index in [4.69, 9.17) is 4.74 Å². The quantitative estimate of drug-likeness (QED) is 0.847. The minimum atomic E-state index is -0.899. The zero-order chi connectivity index (χ0) is 13.9. The van der Waals surface area contributed by atoms with Crippen molar-refractivity contribution in [2.45, 2.75) is 45.1 Å². The fraction of sp³-hybridized carbons (Fsp3) is 0.615. The Hall–Kier alpha value is -1.85. The molecule has 1 aliphatic rings. The van der Waals surface area contributed by atoms with Crippen LogP contribution in [0.25, 0.3) is 0 Å². The van der Waals surface area contributed by atoms with E-state index in [2.05, 4.69) is 15.3 Å². The van der Waals surface area contributed by atoms with Gasteiger partial charge in [-0.05, 0) is 26.7 Å². The number of hydrogen-bond acceptors (Lipinski definition) is 5. The van der Waals surface area contributed by atoms with Crippen LogP contribution >= 0.6 is 0 Å². The smallest absolute Gasteiger partial charge is 0.329 e. The second-order valence-corrected chi connectivity index (χ2v) is 4.79. The molecule has 6 nitrogen and oxygen atoms in total. The van der Waals surface area contributed by atoms with Gasteiger partial charge in [-0.15, -0.1) is 0 Å². The van der Waals surface area contributed by atoms with E-state index >= 15 is 0 Å². The molecule has 0 amide bonds. The number of aliphatic carboxylic acids is 1. The van der Waals surface area contributed by atoms with Gasteiger partial charge in [0.15, 0.2) is 0 Å². The Morgan fingerprint density at radius 1 is 1.47 bits per heavy atom. The molecule has 0 aliphatic heterocycles. The molecule has 2 N–H and O–H groups in total. The molecule has 0 saturated heterocycles. The van der Waals surface area contributed by atoms with Crippen LogP contribution in [0.15, 0.2) is 6.07 Å². The average Bonchev–Trinajstić information content (AvgIpc) is 2.78.